The van der Waals surface area contributed by atoms with E-state index in [9.17, 15) is 9.59 Å². The number of benzene rings is 1. The fourth-order valence-electron chi connectivity index (χ4n) is 4.59. The molecule has 3 unspecified atom stereocenters. The summed E-state index contributed by atoms with van der Waals surface area (Å²) >= 11 is 0. The number of rotatable bonds is 4. The molecule has 5 heteroatoms. The molecule has 3 fully saturated rings. The van der Waals surface area contributed by atoms with Gasteiger partial charge in [-0.05, 0) is 49.3 Å². The first-order chi connectivity index (χ1) is 12.2. The van der Waals surface area contributed by atoms with E-state index in [2.05, 4.69) is 10.6 Å². The van der Waals surface area contributed by atoms with Crippen molar-refractivity contribution in [3.8, 4) is 0 Å². The van der Waals surface area contributed by atoms with Crippen molar-refractivity contribution in [2.24, 2.45) is 5.92 Å². The van der Waals surface area contributed by atoms with Crippen LogP contribution in [0.3, 0.4) is 0 Å². The van der Waals surface area contributed by atoms with E-state index in [0.29, 0.717) is 24.9 Å². The standard InChI is InChI=1S/C20H27N3O2/c24-19-9-4-10-23(19)16-7-3-5-14(11-16)13-21-20(25)18-12-15-6-1-2-8-17(15)22-18/h3,5,7,11,15,17-18,22H,1-2,4,6,8-10,12-13H2,(H,21,25). The van der Waals surface area contributed by atoms with Gasteiger partial charge in [0.15, 0.2) is 0 Å². The molecule has 3 atom stereocenters. The largest absolute Gasteiger partial charge is 0.351 e. The number of nitrogens with one attached hydrogen (secondary N) is 2. The minimum atomic E-state index is -0.0450. The predicted octanol–water partition coefficient (Wildman–Crippen LogP) is 2.35. The van der Waals surface area contributed by atoms with E-state index in [4.69, 9.17) is 0 Å². The first kappa shape index (κ1) is 16.6. The van der Waals surface area contributed by atoms with Crippen LogP contribution in [0, 0.1) is 5.92 Å². The van der Waals surface area contributed by atoms with Crippen molar-refractivity contribution >= 4 is 17.5 Å². The molecule has 3 aliphatic rings. The Labute approximate surface area is 149 Å². The maximum Gasteiger partial charge on any atom is 0.237 e. The highest BCUT2D eigenvalue weighted by atomic mass is 16.2. The molecule has 0 bridgehead atoms. The Bertz CT molecular complexity index is 646. The van der Waals surface area contributed by atoms with Crippen molar-refractivity contribution in [1.82, 2.24) is 10.6 Å². The van der Waals surface area contributed by atoms with Crippen LogP contribution in [-0.2, 0) is 16.1 Å². The quantitative estimate of drug-likeness (QED) is 0.884. The third kappa shape index (κ3) is 3.56. The van der Waals surface area contributed by atoms with Crippen molar-refractivity contribution in [1.29, 1.82) is 0 Å². The summed E-state index contributed by atoms with van der Waals surface area (Å²) in [6.45, 7) is 1.31. The molecule has 1 aromatic carbocycles. The number of carbonyl (C=O) groups excluding carboxylic acids is 2. The van der Waals surface area contributed by atoms with Crippen LogP contribution in [-0.4, -0.2) is 30.4 Å². The highest BCUT2D eigenvalue weighted by Crippen LogP contribution is 2.33. The van der Waals surface area contributed by atoms with E-state index >= 15 is 0 Å². The van der Waals surface area contributed by atoms with Crippen molar-refractivity contribution < 1.29 is 9.59 Å². The molecule has 0 spiro atoms. The maximum atomic E-state index is 12.5. The van der Waals surface area contributed by atoms with Gasteiger partial charge < -0.3 is 15.5 Å². The number of nitrogens with zero attached hydrogens (tertiary/aromatic N) is 1. The lowest BCUT2D eigenvalue weighted by Crippen LogP contribution is -2.42. The molecular weight excluding hydrogens is 314 g/mol. The van der Waals surface area contributed by atoms with Gasteiger partial charge in [-0.1, -0.05) is 25.0 Å². The number of anilines is 1. The van der Waals surface area contributed by atoms with Gasteiger partial charge in [0.2, 0.25) is 11.8 Å². The van der Waals surface area contributed by atoms with Crippen LogP contribution < -0.4 is 15.5 Å². The molecule has 5 nitrogen and oxygen atoms in total. The fraction of sp³-hybridized carbons (Fsp3) is 0.600. The topological polar surface area (TPSA) is 61.4 Å². The van der Waals surface area contributed by atoms with E-state index in [1.807, 2.05) is 29.2 Å². The maximum absolute atomic E-state index is 12.5. The molecule has 0 aromatic heterocycles. The van der Waals surface area contributed by atoms with Gasteiger partial charge in [0.05, 0.1) is 6.04 Å². The summed E-state index contributed by atoms with van der Waals surface area (Å²) in [5, 5.41) is 6.60. The van der Waals surface area contributed by atoms with Gasteiger partial charge in [-0.15, -0.1) is 0 Å². The van der Waals surface area contributed by atoms with Crippen LogP contribution in [0.4, 0.5) is 5.69 Å². The Kier molecular flexibility index (Phi) is 4.75. The van der Waals surface area contributed by atoms with Gasteiger partial charge in [0, 0.05) is 31.2 Å². The predicted molar refractivity (Wildman–Crippen MR) is 97.2 cm³/mol. The molecule has 2 amide bonds. The van der Waals surface area contributed by atoms with Crippen LogP contribution in [0.5, 0.6) is 0 Å². The van der Waals surface area contributed by atoms with E-state index in [0.717, 1.165) is 30.6 Å². The third-order valence-electron chi connectivity index (χ3n) is 5.94. The summed E-state index contributed by atoms with van der Waals surface area (Å²) in [6, 6.07) is 8.45. The van der Waals surface area contributed by atoms with Crippen LogP contribution >= 0.6 is 0 Å². The van der Waals surface area contributed by atoms with Gasteiger partial charge in [-0.3, -0.25) is 9.59 Å². The molecule has 1 aliphatic carbocycles. The van der Waals surface area contributed by atoms with Gasteiger partial charge in [0.25, 0.3) is 0 Å². The van der Waals surface area contributed by atoms with Crippen LogP contribution in [0.25, 0.3) is 0 Å². The molecule has 1 saturated carbocycles. The Morgan fingerprint density at radius 3 is 2.92 bits per heavy atom. The van der Waals surface area contributed by atoms with Crippen molar-refractivity contribution in [2.45, 2.75) is 63.6 Å². The second-order valence-electron chi connectivity index (χ2n) is 7.64. The molecule has 25 heavy (non-hydrogen) atoms. The minimum absolute atomic E-state index is 0.0450. The van der Waals surface area contributed by atoms with Gasteiger partial charge in [-0.25, -0.2) is 0 Å². The average Bonchev–Trinajstić information content (AvgIpc) is 3.26. The lowest BCUT2D eigenvalue weighted by atomic mass is 9.85. The van der Waals surface area contributed by atoms with Crippen LogP contribution in [0.1, 0.15) is 50.5 Å². The van der Waals surface area contributed by atoms with Crippen LogP contribution in [0.2, 0.25) is 0 Å². The summed E-state index contributed by atoms with van der Waals surface area (Å²) < 4.78 is 0. The second-order valence-corrected chi connectivity index (χ2v) is 7.64. The van der Waals surface area contributed by atoms with Gasteiger partial charge >= 0.3 is 0 Å². The van der Waals surface area contributed by atoms with Gasteiger partial charge in [0.1, 0.15) is 0 Å². The smallest absolute Gasteiger partial charge is 0.237 e. The zero-order valence-electron chi connectivity index (χ0n) is 14.7. The average molecular weight is 341 g/mol. The summed E-state index contributed by atoms with van der Waals surface area (Å²) in [5.74, 6) is 0.977. The van der Waals surface area contributed by atoms with E-state index in [1.165, 1.54) is 25.7 Å². The Balaban J connectivity index is 1.33. The minimum Gasteiger partial charge on any atom is -0.351 e. The van der Waals surface area contributed by atoms with E-state index in [-0.39, 0.29) is 17.9 Å². The zero-order valence-corrected chi connectivity index (χ0v) is 14.7. The number of carbonyl (C=O) groups is 2. The van der Waals surface area contributed by atoms with Crippen LogP contribution in [0.15, 0.2) is 24.3 Å². The second kappa shape index (κ2) is 7.16. The molecule has 1 aromatic rings. The first-order valence-corrected chi connectivity index (χ1v) is 9.64. The fourth-order valence-corrected chi connectivity index (χ4v) is 4.59. The molecule has 0 radical (unpaired) electrons. The summed E-state index contributed by atoms with van der Waals surface area (Å²) in [4.78, 5) is 26.3. The molecular formula is C20H27N3O2. The highest BCUT2D eigenvalue weighted by Gasteiger charge is 2.38. The number of hydrogen-bond acceptors (Lipinski definition) is 3. The zero-order chi connectivity index (χ0) is 17.2. The Morgan fingerprint density at radius 2 is 2.12 bits per heavy atom. The lowest BCUT2D eigenvalue weighted by molar-refractivity contribution is -0.123. The molecule has 2 heterocycles. The summed E-state index contributed by atoms with van der Waals surface area (Å²) in [6.07, 6.45) is 7.59. The highest BCUT2D eigenvalue weighted by molar-refractivity contribution is 5.95. The van der Waals surface area contributed by atoms with Crippen molar-refractivity contribution in [3.05, 3.63) is 29.8 Å². The van der Waals surface area contributed by atoms with Gasteiger partial charge in [-0.2, -0.15) is 0 Å². The van der Waals surface area contributed by atoms with Crippen molar-refractivity contribution in [3.63, 3.8) is 0 Å². The molecule has 2 aliphatic heterocycles. The SMILES string of the molecule is O=C(NCc1cccc(N2CCCC2=O)c1)C1CC2CCCCC2N1. The monoisotopic (exact) mass is 341 g/mol. The normalized spacial score (nSPS) is 28.9. The molecule has 2 saturated heterocycles. The molecule has 2 N–H and O–H groups in total. The van der Waals surface area contributed by atoms with E-state index in [1.54, 1.807) is 0 Å². The Morgan fingerprint density at radius 1 is 1.24 bits per heavy atom. The number of hydrogen-bond donors (Lipinski definition) is 2. The first-order valence-electron chi connectivity index (χ1n) is 9.64. The third-order valence-corrected chi connectivity index (χ3v) is 5.94. The summed E-state index contributed by atoms with van der Waals surface area (Å²) in [5.41, 5.74) is 1.99. The van der Waals surface area contributed by atoms with Crippen molar-refractivity contribution in [2.75, 3.05) is 11.4 Å². The van der Waals surface area contributed by atoms with E-state index < -0.39 is 0 Å². The molecule has 4 rings (SSSR count). The number of fused-ring (bicyclic) bond motifs is 1. The number of amides is 2. The summed E-state index contributed by atoms with van der Waals surface area (Å²) in [7, 11) is 0. The lowest BCUT2D eigenvalue weighted by Gasteiger charge is -2.24. The Hall–Kier alpha value is -1.88. The molecule has 134 valence electrons.